The van der Waals surface area contributed by atoms with E-state index in [1.165, 1.54) is 6.07 Å². The Hall–Kier alpha value is -0.810. The molecule has 2 nitrogen and oxygen atoms in total. The fraction of sp³-hybridized carbons (Fsp3) is 0.222. The number of carbonyl (C=O) groups excluding carboxylic acids is 1. The second kappa shape index (κ2) is 4.61. The van der Waals surface area contributed by atoms with Crippen LogP contribution in [0.2, 0.25) is 0 Å². The van der Waals surface area contributed by atoms with E-state index in [0.717, 1.165) is 6.07 Å². The summed E-state index contributed by atoms with van der Waals surface area (Å²) >= 11 is 2.82. The highest BCUT2D eigenvalue weighted by Gasteiger charge is 2.15. The fourth-order valence-electron chi connectivity index (χ4n) is 1.01. The van der Waals surface area contributed by atoms with Crippen molar-refractivity contribution in [3.63, 3.8) is 0 Å². The Labute approximate surface area is 88.2 Å². The number of rotatable bonds is 3. The van der Waals surface area contributed by atoms with Crippen LogP contribution in [0.15, 0.2) is 16.6 Å². The zero-order chi connectivity index (χ0) is 10.7. The molecule has 1 rings (SSSR count). The van der Waals surface area contributed by atoms with Gasteiger partial charge in [-0.25, -0.2) is 8.78 Å². The highest BCUT2D eigenvalue weighted by atomic mass is 79.9. The number of hydrogen-bond acceptors (Lipinski definition) is 2. The Morgan fingerprint density at radius 1 is 1.43 bits per heavy atom. The molecule has 0 spiro atoms. The van der Waals surface area contributed by atoms with Gasteiger partial charge in [0.1, 0.15) is 0 Å². The van der Waals surface area contributed by atoms with Gasteiger partial charge in [0.2, 0.25) is 0 Å². The number of hydrogen-bond donors (Lipinski definition) is 1. The van der Waals surface area contributed by atoms with Gasteiger partial charge >= 0.3 is 0 Å². The van der Waals surface area contributed by atoms with Crippen molar-refractivity contribution in [3.05, 3.63) is 33.8 Å². The van der Waals surface area contributed by atoms with Gasteiger partial charge in [-0.2, -0.15) is 0 Å². The first-order valence-corrected chi connectivity index (χ1v) is 4.74. The van der Waals surface area contributed by atoms with E-state index >= 15 is 0 Å². The van der Waals surface area contributed by atoms with Crippen LogP contribution in [0, 0.1) is 11.6 Å². The highest BCUT2D eigenvalue weighted by Crippen LogP contribution is 2.23. The van der Waals surface area contributed by atoms with Gasteiger partial charge in [-0.15, -0.1) is 0 Å². The molecule has 0 saturated heterocycles. The molecular weight excluding hydrogens is 256 g/mol. The van der Waals surface area contributed by atoms with Gasteiger partial charge < -0.3 is 5.73 Å². The summed E-state index contributed by atoms with van der Waals surface area (Å²) in [5.41, 5.74) is 5.30. The number of nitrogens with two attached hydrogens (primary N) is 1. The molecule has 0 atom stereocenters. The quantitative estimate of drug-likeness (QED) is 0.672. The summed E-state index contributed by atoms with van der Waals surface area (Å²) in [7, 11) is 0. The Balaban J connectivity index is 3.11. The van der Waals surface area contributed by atoms with Crippen molar-refractivity contribution in [3.8, 4) is 0 Å². The Morgan fingerprint density at radius 3 is 2.64 bits per heavy atom. The van der Waals surface area contributed by atoms with Gasteiger partial charge in [0.15, 0.2) is 17.4 Å². The Bertz CT molecular complexity index is 368. The first-order valence-electron chi connectivity index (χ1n) is 3.94. The van der Waals surface area contributed by atoms with Crippen LogP contribution >= 0.6 is 15.9 Å². The first kappa shape index (κ1) is 11.3. The molecule has 0 aromatic heterocycles. The molecule has 1 aromatic carbocycles. The normalized spacial score (nSPS) is 10.3. The SMILES string of the molecule is NCCC(=O)c1ccc(F)c(F)c1Br. The minimum absolute atomic E-state index is 0.115. The number of Topliss-reactive ketones (excluding diaryl/α,β-unsaturated/α-hetero) is 1. The van der Waals surface area contributed by atoms with E-state index in [4.69, 9.17) is 5.73 Å². The van der Waals surface area contributed by atoms with Gasteiger partial charge in [0.25, 0.3) is 0 Å². The maximum atomic E-state index is 13.0. The van der Waals surface area contributed by atoms with Crippen molar-refractivity contribution in [1.29, 1.82) is 0 Å². The van der Waals surface area contributed by atoms with Crippen LogP contribution in [0.4, 0.5) is 8.78 Å². The Morgan fingerprint density at radius 2 is 2.07 bits per heavy atom. The summed E-state index contributed by atoms with van der Waals surface area (Å²) in [6.45, 7) is 0.185. The second-order valence-corrected chi connectivity index (χ2v) is 3.48. The number of carbonyl (C=O) groups is 1. The Kier molecular flexibility index (Phi) is 3.71. The van der Waals surface area contributed by atoms with Crippen LogP contribution in [0.5, 0.6) is 0 Å². The van der Waals surface area contributed by atoms with Crippen molar-refractivity contribution in [2.45, 2.75) is 6.42 Å². The number of benzene rings is 1. The van der Waals surface area contributed by atoms with Crippen LogP contribution in [0.1, 0.15) is 16.8 Å². The molecule has 0 radical (unpaired) electrons. The van der Waals surface area contributed by atoms with Crippen molar-refractivity contribution in [2.75, 3.05) is 6.54 Å². The summed E-state index contributed by atoms with van der Waals surface area (Å²) in [5, 5.41) is 0. The first-order chi connectivity index (χ1) is 6.57. The van der Waals surface area contributed by atoms with E-state index in [2.05, 4.69) is 15.9 Å². The molecule has 0 heterocycles. The molecule has 14 heavy (non-hydrogen) atoms. The van der Waals surface area contributed by atoms with E-state index < -0.39 is 11.6 Å². The largest absolute Gasteiger partial charge is 0.330 e. The molecule has 0 amide bonds. The maximum absolute atomic E-state index is 13.0. The average Bonchev–Trinajstić information content (AvgIpc) is 2.15. The molecule has 0 aliphatic heterocycles. The lowest BCUT2D eigenvalue weighted by molar-refractivity contribution is 0.0984. The van der Waals surface area contributed by atoms with Crippen molar-refractivity contribution in [1.82, 2.24) is 0 Å². The van der Waals surface area contributed by atoms with E-state index in [-0.39, 0.29) is 28.8 Å². The molecule has 2 N–H and O–H groups in total. The molecule has 0 unspecified atom stereocenters. The van der Waals surface area contributed by atoms with Gasteiger partial charge in [-0.05, 0) is 34.6 Å². The predicted molar refractivity (Wildman–Crippen MR) is 52.1 cm³/mol. The smallest absolute Gasteiger partial charge is 0.173 e. The average molecular weight is 264 g/mol. The van der Waals surface area contributed by atoms with Crippen LogP contribution in [-0.2, 0) is 0 Å². The summed E-state index contributed by atoms with van der Waals surface area (Å²) in [6, 6.07) is 2.16. The third-order valence-corrected chi connectivity index (χ3v) is 2.48. The standard InChI is InChI=1S/C9H8BrF2NO/c10-8-5(7(14)3-4-13)1-2-6(11)9(8)12/h1-2H,3-4,13H2. The molecule has 5 heteroatoms. The summed E-state index contributed by atoms with van der Waals surface area (Å²) in [5.74, 6) is -2.34. The minimum atomic E-state index is -1.05. The van der Waals surface area contributed by atoms with E-state index in [1.807, 2.05) is 0 Å². The zero-order valence-electron chi connectivity index (χ0n) is 7.19. The van der Waals surface area contributed by atoms with Gasteiger partial charge in [-0.1, -0.05) is 0 Å². The molecule has 76 valence electrons. The topological polar surface area (TPSA) is 43.1 Å². The lowest BCUT2D eigenvalue weighted by Gasteiger charge is -2.03. The van der Waals surface area contributed by atoms with Crippen molar-refractivity contribution in [2.24, 2.45) is 5.73 Å². The highest BCUT2D eigenvalue weighted by molar-refractivity contribution is 9.10. The second-order valence-electron chi connectivity index (χ2n) is 2.68. The molecule has 0 aliphatic carbocycles. The minimum Gasteiger partial charge on any atom is -0.330 e. The number of halogens is 3. The summed E-state index contributed by atoms with van der Waals surface area (Å²) in [4.78, 5) is 11.3. The third kappa shape index (κ3) is 2.16. The van der Waals surface area contributed by atoms with E-state index in [9.17, 15) is 13.6 Å². The monoisotopic (exact) mass is 263 g/mol. The van der Waals surface area contributed by atoms with Crippen LogP contribution in [0.3, 0.4) is 0 Å². The number of ketones is 1. The molecule has 1 aromatic rings. The van der Waals surface area contributed by atoms with Crippen LogP contribution in [-0.4, -0.2) is 12.3 Å². The lowest BCUT2D eigenvalue weighted by atomic mass is 10.1. The molecule has 0 saturated carbocycles. The fourth-order valence-corrected chi connectivity index (χ4v) is 1.55. The van der Waals surface area contributed by atoms with Gasteiger partial charge in [-0.3, -0.25) is 4.79 Å². The van der Waals surface area contributed by atoms with Crippen LogP contribution in [0.25, 0.3) is 0 Å². The molecule has 0 aliphatic rings. The molecule has 0 bridgehead atoms. The molecular formula is C9H8BrF2NO. The van der Waals surface area contributed by atoms with Crippen molar-refractivity contribution < 1.29 is 13.6 Å². The van der Waals surface area contributed by atoms with Gasteiger partial charge in [0, 0.05) is 12.0 Å². The third-order valence-electron chi connectivity index (χ3n) is 1.71. The molecule has 0 fully saturated rings. The summed E-state index contributed by atoms with van der Waals surface area (Å²) in [6.07, 6.45) is 0.115. The van der Waals surface area contributed by atoms with E-state index in [0.29, 0.717) is 0 Å². The predicted octanol–water partition coefficient (Wildman–Crippen LogP) is 2.26. The summed E-state index contributed by atoms with van der Waals surface area (Å²) < 4.78 is 25.5. The maximum Gasteiger partial charge on any atom is 0.173 e. The zero-order valence-corrected chi connectivity index (χ0v) is 8.77. The van der Waals surface area contributed by atoms with Crippen LogP contribution < -0.4 is 5.73 Å². The lowest BCUT2D eigenvalue weighted by Crippen LogP contribution is -2.09. The van der Waals surface area contributed by atoms with Gasteiger partial charge in [0.05, 0.1) is 4.47 Å². The van der Waals surface area contributed by atoms with E-state index in [1.54, 1.807) is 0 Å². The van der Waals surface area contributed by atoms with Crippen molar-refractivity contribution >= 4 is 21.7 Å².